The molecule has 1 fully saturated rings. The van der Waals surface area contributed by atoms with E-state index in [4.69, 9.17) is 9.47 Å². The van der Waals surface area contributed by atoms with Gasteiger partial charge in [0.25, 0.3) is 0 Å². The fourth-order valence-corrected chi connectivity index (χ4v) is 4.94. The number of benzene rings is 3. The minimum Gasteiger partial charge on any atom is -0.445 e. The van der Waals surface area contributed by atoms with Crippen molar-refractivity contribution in [2.45, 2.75) is 11.0 Å². The first kappa shape index (κ1) is 22.8. The van der Waals surface area contributed by atoms with E-state index >= 15 is 0 Å². The van der Waals surface area contributed by atoms with E-state index < -0.39 is 22.1 Å². The average molecular weight is 466 g/mol. The van der Waals surface area contributed by atoms with Crippen LogP contribution >= 0.6 is 0 Å². The summed E-state index contributed by atoms with van der Waals surface area (Å²) in [4.78, 5) is 26.1. The fraction of sp³-hybridized carbons (Fsp3) is 0.200. The van der Waals surface area contributed by atoms with E-state index in [1.165, 1.54) is 28.6 Å². The molecule has 170 valence electrons. The van der Waals surface area contributed by atoms with Crippen LogP contribution in [0.4, 0.5) is 0 Å². The van der Waals surface area contributed by atoms with E-state index in [0.29, 0.717) is 24.3 Å². The monoisotopic (exact) mass is 465 g/mol. The number of carbonyl (C=O) groups excluding carboxylic acids is 2. The number of Topliss-reactive ketones (excluding diaryl/α,β-unsaturated/α-hetero) is 1. The molecule has 7 nitrogen and oxygen atoms in total. The van der Waals surface area contributed by atoms with Gasteiger partial charge in [0.05, 0.1) is 23.7 Å². The van der Waals surface area contributed by atoms with Crippen LogP contribution in [-0.2, 0) is 19.5 Å². The third kappa shape index (κ3) is 5.19. The maximum Gasteiger partial charge on any atom is 0.339 e. The number of hydrogen-bond donors (Lipinski definition) is 0. The Morgan fingerprint density at radius 2 is 1.36 bits per heavy atom. The Kier molecular flexibility index (Phi) is 6.98. The molecule has 0 saturated carbocycles. The number of rotatable bonds is 7. The number of nitrogens with zero attached hydrogens (tertiary/aromatic N) is 1. The highest BCUT2D eigenvalue weighted by Gasteiger charge is 2.28. The van der Waals surface area contributed by atoms with Gasteiger partial charge in [-0.2, -0.15) is 4.31 Å². The van der Waals surface area contributed by atoms with Crippen molar-refractivity contribution in [1.29, 1.82) is 0 Å². The SMILES string of the molecule is O=C(OC(C(=O)c1ccccc1)c1ccccc1)c1ccc(S(=O)(=O)N2CCOCC2)cc1. The van der Waals surface area contributed by atoms with E-state index in [0.717, 1.165) is 0 Å². The molecule has 0 radical (unpaired) electrons. The zero-order chi connectivity index (χ0) is 23.3. The van der Waals surface area contributed by atoms with Crippen LogP contribution in [0.2, 0.25) is 0 Å². The number of morpholine rings is 1. The van der Waals surface area contributed by atoms with E-state index in [1.54, 1.807) is 54.6 Å². The van der Waals surface area contributed by atoms with E-state index in [9.17, 15) is 18.0 Å². The second-order valence-corrected chi connectivity index (χ2v) is 9.41. The summed E-state index contributed by atoms with van der Waals surface area (Å²) in [6, 6.07) is 22.9. The Bertz CT molecular complexity index is 1200. The Morgan fingerprint density at radius 1 is 0.788 bits per heavy atom. The van der Waals surface area contributed by atoms with Crippen LogP contribution in [0.1, 0.15) is 32.4 Å². The zero-order valence-corrected chi connectivity index (χ0v) is 18.6. The molecule has 1 aliphatic heterocycles. The summed E-state index contributed by atoms with van der Waals surface area (Å²) in [7, 11) is -3.67. The summed E-state index contributed by atoms with van der Waals surface area (Å²) in [6.07, 6.45) is -1.13. The molecule has 0 aliphatic carbocycles. The van der Waals surface area contributed by atoms with Crippen molar-refractivity contribution in [1.82, 2.24) is 4.31 Å². The molecule has 4 rings (SSSR count). The molecule has 0 spiro atoms. The molecule has 0 N–H and O–H groups in total. The van der Waals surface area contributed by atoms with Gasteiger partial charge in [0.15, 0.2) is 6.10 Å². The minimum atomic E-state index is -3.67. The lowest BCUT2D eigenvalue weighted by Gasteiger charge is -2.26. The predicted octanol–water partition coefficient (Wildman–Crippen LogP) is 3.49. The Balaban J connectivity index is 1.55. The van der Waals surface area contributed by atoms with Gasteiger partial charge < -0.3 is 9.47 Å². The van der Waals surface area contributed by atoms with Crippen molar-refractivity contribution in [3.05, 3.63) is 102 Å². The van der Waals surface area contributed by atoms with Gasteiger partial charge in [0.1, 0.15) is 0 Å². The number of hydrogen-bond acceptors (Lipinski definition) is 6. The molecule has 0 amide bonds. The highest BCUT2D eigenvalue weighted by molar-refractivity contribution is 7.89. The van der Waals surface area contributed by atoms with E-state index in [-0.39, 0.29) is 29.3 Å². The Hall–Kier alpha value is -3.33. The number of carbonyl (C=O) groups is 2. The molecule has 33 heavy (non-hydrogen) atoms. The second kappa shape index (κ2) is 10.1. The van der Waals surface area contributed by atoms with E-state index in [2.05, 4.69) is 0 Å². The van der Waals surface area contributed by atoms with Crippen LogP contribution in [0.15, 0.2) is 89.8 Å². The topological polar surface area (TPSA) is 90.0 Å². The third-order valence-corrected chi connectivity index (χ3v) is 7.23. The van der Waals surface area contributed by atoms with Crippen LogP contribution in [0.25, 0.3) is 0 Å². The van der Waals surface area contributed by atoms with Gasteiger partial charge in [-0.3, -0.25) is 4.79 Å². The quantitative estimate of drug-likeness (QED) is 0.392. The summed E-state index contributed by atoms with van der Waals surface area (Å²) in [5.74, 6) is -1.06. The molecule has 1 aliphatic rings. The van der Waals surface area contributed by atoms with Crippen molar-refractivity contribution in [2.24, 2.45) is 0 Å². The Labute approximate surface area is 192 Å². The van der Waals surface area contributed by atoms with Gasteiger partial charge in [-0.25, -0.2) is 13.2 Å². The molecule has 1 saturated heterocycles. The van der Waals surface area contributed by atoms with E-state index in [1.807, 2.05) is 6.07 Å². The highest BCUT2D eigenvalue weighted by atomic mass is 32.2. The van der Waals surface area contributed by atoms with Crippen LogP contribution in [-0.4, -0.2) is 50.8 Å². The Morgan fingerprint density at radius 3 is 1.97 bits per heavy atom. The van der Waals surface area contributed by atoms with Gasteiger partial charge in [-0.05, 0) is 24.3 Å². The minimum absolute atomic E-state index is 0.0842. The van der Waals surface area contributed by atoms with Gasteiger partial charge in [0, 0.05) is 24.2 Å². The van der Waals surface area contributed by atoms with Crippen LogP contribution < -0.4 is 0 Å². The summed E-state index contributed by atoms with van der Waals surface area (Å²) in [5.41, 5.74) is 1.12. The zero-order valence-electron chi connectivity index (χ0n) is 17.8. The first-order valence-electron chi connectivity index (χ1n) is 10.5. The molecule has 0 aromatic heterocycles. The van der Waals surface area contributed by atoms with Crippen molar-refractivity contribution in [3.63, 3.8) is 0 Å². The average Bonchev–Trinajstić information content (AvgIpc) is 2.88. The lowest BCUT2D eigenvalue weighted by atomic mass is 10.00. The molecule has 3 aromatic rings. The first-order valence-corrected chi connectivity index (χ1v) is 11.9. The number of ketones is 1. The number of ether oxygens (including phenoxy) is 2. The van der Waals surface area contributed by atoms with Crippen molar-refractivity contribution in [2.75, 3.05) is 26.3 Å². The second-order valence-electron chi connectivity index (χ2n) is 7.47. The van der Waals surface area contributed by atoms with Gasteiger partial charge in [0.2, 0.25) is 15.8 Å². The third-order valence-electron chi connectivity index (χ3n) is 5.32. The first-order chi connectivity index (χ1) is 16.0. The lowest BCUT2D eigenvalue weighted by molar-refractivity contribution is 0.0280. The smallest absolute Gasteiger partial charge is 0.339 e. The van der Waals surface area contributed by atoms with Crippen molar-refractivity contribution in [3.8, 4) is 0 Å². The van der Waals surface area contributed by atoms with Gasteiger partial charge in [-0.1, -0.05) is 60.7 Å². The van der Waals surface area contributed by atoms with Crippen LogP contribution in [0.3, 0.4) is 0 Å². The summed E-state index contributed by atoms with van der Waals surface area (Å²) >= 11 is 0. The normalized spacial score (nSPS) is 15.5. The maximum atomic E-state index is 13.1. The van der Waals surface area contributed by atoms with Crippen molar-refractivity contribution >= 4 is 21.8 Å². The largest absolute Gasteiger partial charge is 0.445 e. The summed E-state index contributed by atoms with van der Waals surface area (Å²) in [5, 5.41) is 0. The maximum absolute atomic E-state index is 13.1. The van der Waals surface area contributed by atoms with Gasteiger partial charge in [-0.15, -0.1) is 0 Å². The molecule has 1 heterocycles. The highest BCUT2D eigenvalue weighted by Crippen LogP contribution is 2.25. The lowest BCUT2D eigenvalue weighted by Crippen LogP contribution is -2.40. The number of sulfonamides is 1. The molecule has 1 unspecified atom stereocenters. The van der Waals surface area contributed by atoms with Crippen LogP contribution in [0.5, 0.6) is 0 Å². The molecule has 8 heteroatoms. The molecule has 0 bridgehead atoms. The van der Waals surface area contributed by atoms with Crippen molar-refractivity contribution < 1.29 is 27.5 Å². The summed E-state index contributed by atoms with van der Waals surface area (Å²) < 4.78 is 37.8. The van der Waals surface area contributed by atoms with Crippen LogP contribution in [0, 0.1) is 0 Å². The number of esters is 1. The predicted molar refractivity (Wildman–Crippen MR) is 121 cm³/mol. The molecular formula is C25H23NO6S. The standard InChI is InChI=1S/C25H23NO6S/c27-23(19-7-3-1-4-8-19)24(20-9-5-2-6-10-20)32-25(28)21-11-13-22(14-12-21)33(29,30)26-15-17-31-18-16-26/h1-14,24H,15-18H2. The summed E-state index contributed by atoms with van der Waals surface area (Å²) in [6.45, 7) is 1.26. The fourth-order valence-electron chi connectivity index (χ4n) is 3.53. The van der Waals surface area contributed by atoms with Gasteiger partial charge >= 0.3 is 5.97 Å². The molecule has 1 atom stereocenters. The molecule has 3 aromatic carbocycles. The molecular weight excluding hydrogens is 442 g/mol.